The van der Waals surface area contributed by atoms with Crippen LogP contribution in [0.3, 0.4) is 0 Å². The smallest absolute Gasteiger partial charge is 0.159 e. The molecule has 2 heterocycles. The van der Waals surface area contributed by atoms with E-state index in [9.17, 15) is 0 Å². The summed E-state index contributed by atoms with van der Waals surface area (Å²) in [5.41, 5.74) is 9.66. The lowest BCUT2D eigenvalue weighted by Gasteiger charge is -2.26. The van der Waals surface area contributed by atoms with Gasteiger partial charge >= 0.3 is 0 Å². The Kier molecular flexibility index (Phi) is 6.76. The van der Waals surface area contributed by atoms with E-state index in [2.05, 4.69) is 193 Å². The molecule has 248 valence electrons. The normalized spacial score (nSPS) is 11.8. The van der Waals surface area contributed by atoms with Gasteiger partial charge in [0, 0.05) is 47.7 Å². The molecule has 0 amide bonds. The average molecular weight is 694 g/mol. The summed E-state index contributed by atoms with van der Waals surface area (Å²) in [5, 5.41) is 9.62. The summed E-state index contributed by atoms with van der Waals surface area (Å²) >= 11 is 1.87. The Hall–Kier alpha value is -6.68. The quantitative estimate of drug-likeness (QED) is 0.167. The van der Waals surface area contributed by atoms with Crippen LogP contribution in [-0.4, -0.2) is 0 Å². The van der Waals surface area contributed by atoms with E-state index in [0.29, 0.717) is 0 Å². The fraction of sp³-hybridized carbons (Fsp3) is 0. The third kappa shape index (κ3) is 4.71. The van der Waals surface area contributed by atoms with E-state index in [1.165, 1.54) is 47.5 Å². The average Bonchev–Trinajstić information content (AvgIpc) is 3.82. The minimum Gasteiger partial charge on any atom is -0.453 e. The first-order valence-electron chi connectivity index (χ1n) is 18.0. The van der Waals surface area contributed by atoms with Gasteiger partial charge in [-0.25, -0.2) is 0 Å². The van der Waals surface area contributed by atoms with E-state index in [1.54, 1.807) is 0 Å². The summed E-state index contributed by atoms with van der Waals surface area (Å²) in [6, 6.07) is 67.7. The third-order valence-electron chi connectivity index (χ3n) is 10.6. The van der Waals surface area contributed by atoms with Gasteiger partial charge in [-0.05, 0) is 80.9 Å². The molecule has 0 aliphatic heterocycles. The number of para-hydroxylation sites is 1. The number of rotatable bonds is 5. The molecule has 0 unspecified atom stereocenters. The van der Waals surface area contributed by atoms with Gasteiger partial charge in [-0.15, -0.1) is 11.3 Å². The van der Waals surface area contributed by atoms with Crippen LogP contribution in [0.2, 0.25) is 0 Å². The van der Waals surface area contributed by atoms with Gasteiger partial charge in [-0.1, -0.05) is 146 Å². The van der Waals surface area contributed by atoms with E-state index in [-0.39, 0.29) is 0 Å². The predicted octanol–water partition coefficient (Wildman–Crippen LogP) is 15.1. The zero-order valence-electron chi connectivity index (χ0n) is 28.7. The first kappa shape index (κ1) is 30.0. The second kappa shape index (κ2) is 11.9. The van der Waals surface area contributed by atoms with Crippen molar-refractivity contribution in [2.24, 2.45) is 0 Å². The monoisotopic (exact) mass is 693 g/mol. The number of benzene rings is 9. The van der Waals surface area contributed by atoms with Gasteiger partial charge in [-0.2, -0.15) is 0 Å². The number of fused-ring (bicyclic) bond motifs is 11. The summed E-state index contributed by atoms with van der Waals surface area (Å²) in [5.74, 6) is 0. The molecule has 0 spiro atoms. The highest BCUT2D eigenvalue weighted by Gasteiger charge is 2.24. The van der Waals surface area contributed by atoms with E-state index in [1.807, 2.05) is 11.3 Å². The maximum absolute atomic E-state index is 7.15. The molecule has 11 aromatic rings. The summed E-state index contributed by atoms with van der Waals surface area (Å²) in [7, 11) is 0. The molecule has 0 fully saturated rings. The van der Waals surface area contributed by atoms with Crippen molar-refractivity contribution in [1.29, 1.82) is 0 Å². The summed E-state index contributed by atoms with van der Waals surface area (Å²) < 4.78 is 9.78. The Morgan fingerprint density at radius 2 is 0.981 bits per heavy atom. The highest BCUT2D eigenvalue weighted by molar-refractivity contribution is 7.26. The fourth-order valence-corrected chi connectivity index (χ4v) is 9.46. The van der Waals surface area contributed by atoms with Gasteiger partial charge in [0.15, 0.2) is 5.58 Å². The van der Waals surface area contributed by atoms with Crippen molar-refractivity contribution in [1.82, 2.24) is 0 Å². The molecular formula is C50H31NOS. The fourth-order valence-electron chi connectivity index (χ4n) is 8.22. The van der Waals surface area contributed by atoms with E-state index in [0.717, 1.165) is 55.5 Å². The van der Waals surface area contributed by atoms with Gasteiger partial charge < -0.3 is 9.32 Å². The zero-order chi connectivity index (χ0) is 34.9. The van der Waals surface area contributed by atoms with E-state index < -0.39 is 0 Å². The van der Waals surface area contributed by atoms with Crippen LogP contribution in [0.25, 0.3) is 85.9 Å². The second-order valence-electron chi connectivity index (χ2n) is 13.6. The maximum Gasteiger partial charge on any atom is 0.159 e. The Bertz CT molecular complexity index is 3160. The zero-order valence-corrected chi connectivity index (χ0v) is 29.5. The van der Waals surface area contributed by atoms with Crippen LogP contribution in [0.1, 0.15) is 0 Å². The number of nitrogens with zero attached hydrogens (tertiary/aromatic N) is 1. The molecule has 11 rings (SSSR count). The van der Waals surface area contributed by atoms with Crippen LogP contribution in [0.15, 0.2) is 192 Å². The predicted molar refractivity (Wildman–Crippen MR) is 227 cm³/mol. The Balaban J connectivity index is 1.18. The minimum atomic E-state index is 0.865. The standard InChI is InChI=1S/C50H31NOS/c1-3-14-32(15-4-1)34-30-44-47-41-21-9-7-18-38(41)39-19-8-10-22-42(39)49(47)52-48(44)45(31-34)51(35-16-5-2-6-17-35)36-28-26-33(27-29-36)37-23-13-24-43-40-20-11-12-25-46(40)53-50(37)43/h1-31H. The van der Waals surface area contributed by atoms with Crippen molar-refractivity contribution in [2.75, 3.05) is 4.90 Å². The van der Waals surface area contributed by atoms with Crippen molar-refractivity contribution in [3.63, 3.8) is 0 Å². The van der Waals surface area contributed by atoms with Gasteiger partial charge in [0.25, 0.3) is 0 Å². The van der Waals surface area contributed by atoms with Crippen LogP contribution in [0, 0.1) is 0 Å². The van der Waals surface area contributed by atoms with Gasteiger partial charge in [-0.3, -0.25) is 0 Å². The molecule has 2 aromatic heterocycles. The molecule has 9 aromatic carbocycles. The lowest BCUT2D eigenvalue weighted by atomic mass is 9.95. The van der Waals surface area contributed by atoms with Crippen LogP contribution < -0.4 is 4.90 Å². The second-order valence-corrected chi connectivity index (χ2v) is 14.7. The van der Waals surface area contributed by atoms with E-state index in [4.69, 9.17) is 4.42 Å². The van der Waals surface area contributed by atoms with Crippen LogP contribution >= 0.6 is 11.3 Å². The van der Waals surface area contributed by atoms with Crippen molar-refractivity contribution in [3.8, 4) is 22.3 Å². The molecule has 3 heteroatoms. The lowest BCUT2D eigenvalue weighted by Crippen LogP contribution is -2.10. The first-order chi connectivity index (χ1) is 26.3. The summed E-state index contributed by atoms with van der Waals surface area (Å²) in [4.78, 5) is 2.35. The van der Waals surface area contributed by atoms with Crippen LogP contribution in [0.4, 0.5) is 17.1 Å². The van der Waals surface area contributed by atoms with Gasteiger partial charge in [0.2, 0.25) is 0 Å². The molecule has 0 aliphatic rings. The summed E-state index contributed by atoms with van der Waals surface area (Å²) in [6.45, 7) is 0. The Morgan fingerprint density at radius 3 is 1.75 bits per heavy atom. The van der Waals surface area contributed by atoms with E-state index >= 15 is 0 Å². The number of hydrogen-bond acceptors (Lipinski definition) is 3. The maximum atomic E-state index is 7.15. The number of furan rings is 1. The van der Waals surface area contributed by atoms with Crippen molar-refractivity contribution in [3.05, 3.63) is 188 Å². The number of thiophene rings is 1. The molecule has 0 N–H and O–H groups in total. The number of hydrogen-bond donors (Lipinski definition) is 0. The lowest BCUT2D eigenvalue weighted by molar-refractivity contribution is 0.673. The van der Waals surface area contributed by atoms with Gasteiger partial charge in [0.1, 0.15) is 5.58 Å². The van der Waals surface area contributed by atoms with Crippen molar-refractivity contribution in [2.45, 2.75) is 0 Å². The molecule has 0 aliphatic carbocycles. The first-order valence-corrected chi connectivity index (χ1v) is 18.8. The Morgan fingerprint density at radius 1 is 0.377 bits per heavy atom. The SMILES string of the molecule is c1ccc(-c2cc(N(c3ccccc3)c3ccc(-c4cccc5c4sc4ccccc45)cc3)c3oc4c5ccccc5c5ccccc5c4c3c2)cc1. The van der Waals surface area contributed by atoms with Crippen LogP contribution in [-0.2, 0) is 0 Å². The molecule has 0 saturated heterocycles. The number of anilines is 3. The third-order valence-corrected chi connectivity index (χ3v) is 11.9. The van der Waals surface area contributed by atoms with Crippen molar-refractivity contribution < 1.29 is 4.42 Å². The van der Waals surface area contributed by atoms with Gasteiger partial charge in [0.05, 0.1) is 5.69 Å². The van der Waals surface area contributed by atoms with Crippen LogP contribution in [0.5, 0.6) is 0 Å². The Labute approximate surface area is 310 Å². The molecule has 0 bridgehead atoms. The molecule has 0 atom stereocenters. The molecule has 53 heavy (non-hydrogen) atoms. The molecule has 0 radical (unpaired) electrons. The molecule has 0 saturated carbocycles. The molecular weight excluding hydrogens is 663 g/mol. The molecule has 2 nitrogen and oxygen atoms in total. The minimum absolute atomic E-state index is 0.865. The van der Waals surface area contributed by atoms with Crippen molar-refractivity contribution >= 4 is 92.1 Å². The topological polar surface area (TPSA) is 16.4 Å². The summed E-state index contributed by atoms with van der Waals surface area (Å²) in [6.07, 6.45) is 0. The largest absolute Gasteiger partial charge is 0.453 e. The highest BCUT2D eigenvalue weighted by Crippen LogP contribution is 2.48. The highest BCUT2D eigenvalue weighted by atomic mass is 32.1.